The second-order valence-electron chi connectivity index (χ2n) is 9.12. The number of amides is 3. The lowest BCUT2D eigenvalue weighted by Gasteiger charge is -2.22. The number of aromatic nitrogens is 1. The molecule has 1 aromatic heterocycles. The number of rotatable bonds is 13. The molecule has 0 spiro atoms. The first-order chi connectivity index (χ1) is 19.6. The van der Waals surface area contributed by atoms with Gasteiger partial charge in [-0.25, -0.2) is 9.78 Å². The number of hydrogen-bond donors (Lipinski definition) is 2. The maximum Gasteiger partial charge on any atom is 0.322 e. The molecule has 9 heteroatoms. The summed E-state index contributed by atoms with van der Waals surface area (Å²) in [6, 6.07) is 27.5. The monoisotopic (exact) mass is 558 g/mol. The molecule has 208 valence electrons. The summed E-state index contributed by atoms with van der Waals surface area (Å²) in [5.41, 5.74) is 3.42. The fourth-order valence-electron chi connectivity index (χ4n) is 4.30. The molecule has 0 bridgehead atoms. The van der Waals surface area contributed by atoms with Gasteiger partial charge in [0.1, 0.15) is 16.5 Å². The van der Waals surface area contributed by atoms with E-state index in [1.54, 1.807) is 48.8 Å². The largest absolute Gasteiger partial charge is 0.497 e. The highest BCUT2D eigenvalue weighted by atomic mass is 32.1. The van der Waals surface area contributed by atoms with Crippen molar-refractivity contribution in [3.63, 3.8) is 0 Å². The van der Waals surface area contributed by atoms with Crippen LogP contribution in [0.3, 0.4) is 0 Å². The van der Waals surface area contributed by atoms with Crippen LogP contribution in [0, 0.1) is 0 Å². The number of methoxy groups -OCH3 is 2. The molecule has 40 heavy (non-hydrogen) atoms. The molecule has 4 aromatic rings. The van der Waals surface area contributed by atoms with Crippen molar-refractivity contribution < 1.29 is 19.1 Å². The third-order valence-electron chi connectivity index (χ3n) is 6.43. The number of thiazole rings is 1. The molecule has 0 saturated carbocycles. The van der Waals surface area contributed by atoms with E-state index in [2.05, 4.69) is 39.9 Å². The van der Waals surface area contributed by atoms with Crippen molar-refractivity contribution in [1.29, 1.82) is 0 Å². The molecule has 2 N–H and O–H groups in total. The van der Waals surface area contributed by atoms with E-state index in [9.17, 15) is 9.59 Å². The van der Waals surface area contributed by atoms with Gasteiger partial charge in [-0.3, -0.25) is 4.79 Å². The standard InChI is InChI=1S/C31H34N4O4S/c1-38-20-19-35(31(37)33-25-13-15-26(39-2)16-14-25)21-29-34-28(22-40-29)30(36)32-18-17-27(23-9-5-3-6-10-23)24-11-7-4-8-12-24/h3-16,22,27H,17-21H2,1-2H3,(H,32,36)(H,33,37). The van der Waals surface area contributed by atoms with Crippen LogP contribution in [-0.4, -0.2) is 55.7 Å². The van der Waals surface area contributed by atoms with Gasteiger partial charge >= 0.3 is 6.03 Å². The minimum Gasteiger partial charge on any atom is -0.497 e. The predicted octanol–water partition coefficient (Wildman–Crippen LogP) is 5.78. The Kier molecular flexibility index (Phi) is 10.7. The number of carbonyl (C=O) groups is 2. The van der Waals surface area contributed by atoms with E-state index in [1.807, 2.05) is 36.4 Å². The van der Waals surface area contributed by atoms with Crippen LogP contribution in [0.25, 0.3) is 0 Å². The summed E-state index contributed by atoms with van der Waals surface area (Å²) in [7, 11) is 3.18. The van der Waals surface area contributed by atoms with Crippen molar-refractivity contribution in [1.82, 2.24) is 15.2 Å². The Morgan fingerprint density at radius 1 is 0.925 bits per heavy atom. The Bertz CT molecular complexity index is 1310. The quantitative estimate of drug-likeness (QED) is 0.217. The van der Waals surface area contributed by atoms with Gasteiger partial charge in [0.25, 0.3) is 5.91 Å². The second-order valence-corrected chi connectivity index (χ2v) is 10.1. The predicted molar refractivity (Wildman–Crippen MR) is 158 cm³/mol. The highest BCUT2D eigenvalue weighted by molar-refractivity contribution is 7.09. The molecule has 0 atom stereocenters. The molecule has 4 rings (SSSR count). The molecule has 0 radical (unpaired) electrons. The van der Waals surface area contributed by atoms with Crippen LogP contribution < -0.4 is 15.4 Å². The first-order valence-electron chi connectivity index (χ1n) is 13.1. The molecule has 0 aliphatic heterocycles. The summed E-state index contributed by atoms with van der Waals surface area (Å²) in [5.74, 6) is 0.652. The lowest BCUT2D eigenvalue weighted by Crippen LogP contribution is -2.36. The third kappa shape index (κ3) is 8.14. The topological polar surface area (TPSA) is 92.8 Å². The first-order valence-corrected chi connectivity index (χ1v) is 14.0. The van der Waals surface area contributed by atoms with Crippen molar-refractivity contribution in [3.8, 4) is 5.75 Å². The Morgan fingerprint density at radius 3 is 2.17 bits per heavy atom. The van der Waals surface area contributed by atoms with Crippen LogP contribution in [-0.2, 0) is 11.3 Å². The van der Waals surface area contributed by atoms with E-state index >= 15 is 0 Å². The summed E-state index contributed by atoms with van der Waals surface area (Å²) >= 11 is 1.35. The van der Waals surface area contributed by atoms with Gasteiger partial charge in [-0.05, 0) is 41.8 Å². The molecular weight excluding hydrogens is 524 g/mol. The summed E-state index contributed by atoms with van der Waals surface area (Å²) in [4.78, 5) is 32.0. The first kappa shape index (κ1) is 28.8. The van der Waals surface area contributed by atoms with E-state index in [0.29, 0.717) is 41.8 Å². The van der Waals surface area contributed by atoms with Crippen molar-refractivity contribution in [2.75, 3.05) is 39.2 Å². The summed E-state index contributed by atoms with van der Waals surface area (Å²) in [5, 5.41) is 8.30. The number of urea groups is 1. The van der Waals surface area contributed by atoms with E-state index in [0.717, 1.165) is 6.42 Å². The molecular formula is C31H34N4O4S. The fourth-order valence-corrected chi connectivity index (χ4v) is 5.09. The Labute approximate surface area is 239 Å². The lowest BCUT2D eigenvalue weighted by atomic mass is 9.88. The third-order valence-corrected chi connectivity index (χ3v) is 7.26. The molecule has 0 fully saturated rings. The van der Waals surface area contributed by atoms with Gasteiger partial charge in [0.2, 0.25) is 0 Å². The van der Waals surface area contributed by atoms with Gasteiger partial charge in [0, 0.05) is 37.2 Å². The zero-order chi connectivity index (χ0) is 28.2. The maximum absolute atomic E-state index is 13.0. The van der Waals surface area contributed by atoms with Crippen molar-refractivity contribution in [3.05, 3.63) is 112 Å². The van der Waals surface area contributed by atoms with E-state index in [1.165, 1.54) is 22.5 Å². The van der Waals surface area contributed by atoms with E-state index < -0.39 is 0 Å². The fraction of sp³-hybridized carbons (Fsp3) is 0.258. The summed E-state index contributed by atoms with van der Waals surface area (Å²) in [6.07, 6.45) is 0.757. The number of ether oxygens (including phenoxy) is 2. The van der Waals surface area contributed by atoms with E-state index in [4.69, 9.17) is 9.47 Å². The van der Waals surface area contributed by atoms with Crippen LogP contribution in [0.5, 0.6) is 5.75 Å². The maximum atomic E-state index is 13.0. The highest BCUT2D eigenvalue weighted by Gasteiger charge is 2.19. The smallest absolute Gasteiger partial charge is 0.322 e. The zero-order valence-electron chi connectivity index (χ0n) is 22.7. The van der Waals surface area contributed by atoms with Crippen molar-refractivity contribution in [2.24, 2.45) is 0 Å². The van der Waals surface area contributed by atoms with Crippen LogP contribution in [0.4, 0.5) is 10.5 Å². The number of carbonyl (C=O) groups excluding carboxylic acids is 2. The van der Waals surface area contributed by atoms with Gasteiger partial charge in [-0.1, -0.05) is 60.7 Å². The lowest BCUT2D eigenvalue weighted by molar-refractivity contribution is 0.0948. The molecule has 1 heterocycles. The number of anilines is 1. The molecule has 0 aliphatic carbocycles. The molecule has 0 aliphatic rings. The van der Waals surface area contributed by atoms with Crippen molar-refractivity contribution in [2.45, 2.75) is 18.9 Å². The molecule has 8 nitrogen and oxygen atoms in total. The van der Waals surface area contributed by atoms with Crippen LogP contribution in [0.2, 0.25) is 0 Å². The Hall–Kier alpha value is -4.21. The number of nitrogens with one attached hydrogen (secondary N) is 2. The SMILES string of the molecule is COCCN(Cc1nc(C(=O)NCCC(c2ccccc2)c2ccccc2)cs1)C(=O)Nc1ccc(OC)cc1. The number of benzene rings is 3. The van der Waals surface area contributed by atoms with Crippen LogP contribution in [0.15, 0.2) is 90.3 Å². The van der Waals surface area contributed by atoms with Gasteiger partial charge in [-0.15, -0.1) is 11.3 Å². The number of nitrogens with zero attached hydrogens (tertiary/aromatic N) is 2. The molecule has 0 unspecified atom stereocenters. The zero-order valence-corrected chi connectivity index (χ0v) is 23.5. The van der Waals surface area contributed by atoms with E-state index in [-0.39, 0.29) is 24.4 Å². The van der Waals surface area contributed by atoms with Gasteiger partial charge < -0.3 is 25.0 Å². The van der Waals surface area contributed by atoms with Gasteiger partial charge in [0.15, 0.2) is 0 Å². The number of hydrogen-bond acceptors (Lipinski definition) is 6. The molecule has 0 saturated heterocycles. The average molecular weight is 559 g/mol. The second kappa shape index (κ2) is 14.8. The highest BCUT2D eigenvalue weighted by Crippen LogP contribution is 2.27. The summed E-state index contributed by atoms with van der Waals surface area (Å²) < 4.78 is 10.4. The van der Waals surface area contributed by atoms with Crippen LogP contribution >= 0.6 is 11.3 Å². The summed E-state index contributed by atoms with van der Waals surface area (Å²) in [6.45, 7) is 1.51. The average Bonchev–Trinajstić information content (AvgIpc) is 3.47. The van der Waals surface area contributed by atoms with Crippen molar-refractivity contribution >= 4 is 29.0 Å². The van der Waals surface area contributed by atoms with Gasteiger partial charge in [0.05, 0.1) is 20.3 Å². The van der Waals surface area contributed by atoms with Crippen LogP contribution in [0.1, 0.15) is 39.0 Å². The minimum absolute atomic E-state index is 0.173. The minimum atomic E-state index is -0.281. The van der Waals surface area contributed by atoms with Gasteiger partial charge in [-0.2, -0.15) is 0 Å². The normalized spacial score (nSPS) is 10.8. The molecule has 3 amide bonds. The molecule has 3 aromatic carbocycles. The Morgan fingerprint density at radius 2 is 1.57 bits per heavy atom. The Balaban J connectivity index is 1.35.